The van der Waals surface area contributed by atoms with Crippen LogP contribution in [0.4, 0.5) is 0 Å². The molecule has 0 unspecified atom stereocenters. The van der Waals surface area contributed by atoms with Crippen molar-refractivity contribution < 1.29 is 0 Å². The SMILES string of the molecule is CN=C(NCCc1cccs1)NCc1nnc2n1CCCC2. The van der Waals surface area contributed by atoms with Gasteiger partial charge in [0.15, 0.2) is 11.8 Å². The van der Waals surface area contributed by atoms with E-state index in [4.69, 9.17) is 0 Å². The maximum absolute atomic E-state index is 4.29. The van der Waals surface area contributed by atoms with Gasteiger partial charge in [0.2, 0.25) is 0 Å². The van der Waals surface area contributed by atoms with Crippen LogP contribution < -0.4 is 10.6 Å². The Morgan fingerprint density at radius 3 is 3.14 bits per heavy atom. The van der Waals surface area contributed by atoms with Crippen molar-refractivity contribution in [3.05, 3.63) is 34.0 Å². The first-order valence-corrected chi connectivity index (χ1v) is 8.62. The molecule has 0 aliphatic carbocycles. The summed E-state index contributed by atoms with van der Waals surface area (Å²) in [4.78, 5) is 5.64. The molecule has 3 rings (SSSR count). The van der Waals surface area contributed by atoms with E-state index < -0.39 is 0 Å². The summed E-state index contributed by atoms with van der Waals surface area (Å²) in [7, 11) is 1.79. The number of nitrogens with one attached hydrogen (secondary N) is 2. The second-order valence-electron chi connectivity index (χ2n) is 5.32. The summed E-state index contributed by atoms with van der Waals surface area (Å²) < 4.78 is 2.23. The Morgan fingerprint density at radius 1 is 1.36 bits per heavy atom. The molecule has 1 aliphatic heterocycles. The van der Waals surface area contributed by atoms with Crippen molar-refractivity contribution in [1.82, 2.24) is 25.4 Å². The van der Waals surface area contributed by atoms with Gasteiger partial charge in [0.25, 0.3) is 0 Å². The number of aliphatic imine (C=N–C) groups is 1. The maximum Gasteiger partial charge on any atom is 0.191 e. The molecular formula is C15H22N6S. The van der Waals surface area contributed by atoms with Crippen LogP contribution in [0.15, 0.2) is 22.5 Å². The van der Waals surface area contributed by atoms with Crippen LogP contribution in [0, 0.1) is 0 Å². The molecule has 0 bridgehead atoms. The van der Waals surface area contributed by atoms with Crippen LogP contribution in [0.3, 0.4) is 0 Å². The second kappa shape index (κ2) is 7.40. The van der Waals surface area contributed by atoms with Gasteiger partial charge >= 0.3 is 0 Å². The quantitative estimate of drug-likeness (QED) is 0.649. The molecule has 0 radical (unpaired) electrons. The van der Waals surface area contributed by atoms with E-state index in [0.29, 0.717) is 6.54 Å². The Bertz CT molecular complexity index is 616. The number of guanidine groups is 1. The molecule has 118 valence electrons. The molecular weight excluding hydrogens is 296 g/mol. The van der Waals surface area contributed by atoms with Crippen LogP contribution in [0.5, 0.6) is 0 Å². The lowest BCUT2D eigenvalue weighted by Gasteiger charge is -2.16. The molecule has 2 N–H and O–H groups in total. The number of nitrogens with zero attached hydrogens (tertiary/aromatic N) is 4. The van der Waals surface area contributed by atoms with E-state index in [9.17, 15) is 0 Å². The fraction of sp³-hybridized carbons (Fsp3) is 0.533. The monoisotopic (exact) mass is 318 g/mol. The Kier molecular flexibility index (Phi) is 5.05. The number of hydrogen-bond donors (Lipinski definition) is 2. The number of thiophene rings is 1. The minimum absolute atomic E-state index is 0.658. The van der Waals surface area contributed by atoms with Crippen molar-refractivity contribution in [2.24, 2.45) is 4.99 Å². The normalized spacial score (nSPS) is 14.7. The summed E-state index contributed by atoms with van der Waals surface area (Å²) in [6.45, 7) is 2.56. The molecule has 0 amide bonds. The standard InChI is InChI=1S/C15H22N6S/c1-16-15(17-8-7-12-5-4-10-22-12)18-11-14-20-19-13-6-2-3-9-21(13)14/h4-5,10H,2-3,6-9,11H2,1H3,(H2,16,17,18). The van der Waals surface area contributed by atoms with Gasteiger partial charge < -0.3 is 15.2 Å². The molecule has 1 aliphatic rings. The number of rotatable bonds is 5. The zero-order chi connectivity index (χ0) is 15.2. The van der Waals surface area contributed by atoms with Gasteiger partial charge in [-0.15, -0.1) is 21.5 Å². The van der Waals surface area contributed by atoms with Crippen molar-refractivity contribution in [3.8, 4) is 0 Å². The van der Waals surface area contributed by atoms with E-state index in [-0.39, 0.29) is 0 Å². The van der Waals surface area contributed by atoms with Crippen molar-refractivity contribution in [2.45, 2.75) is 38.8 Å². The minimum atomic E-state index is 0.658. The smallest absolute Gasteiger partial charge is 0.191 e. The summed E-state index contributed by atoms with van der Waals surface area (Å²) in [6.07, 6.45) is 4.49. The van der Waals surface area contributed by atoms with Crippen molar-refractivity contribution in [2.75, 3.05) is 13.6 Å². The third kappa shape index (κ3) is 3.65. The molecule has 0 aromatic carbocycles. The fourth-order valence-electron chi connectivity index (χ4n) is 2.64. The first-order valence-electron chi connectivity index (χ1n) is 7.74. The molecule has 0 saturated heterocycles. The first kappa shape index (κ1) is 15.0. The van der Waals surface area contributed by atoms with Crippen molar-refractivity contribution >= 4 is 17.3 Å². The molecule has 0 atom stereocenters. The average Bonchev–Trinajstić information content (AvgIpc) is 3.20. The van der Waals surface area contributed by atoms with E-state index in [1.165, 1.54) is 17.7 Å². The van der Waals surface area contributed by atoms with Crippen molar-refractivity contribution in [1.29, 1.82) is 0 Å². The predicted molar refractivity (Wildman–Crippen MR) is 89.2 cm³/mol. The molecule has 22 heavy (non-hydrogen) atoms. The summed E-state index contributed by atoms with van der Waals surface area (Å²) in [5, 5.41) is 17.3. The number of aryl methyl sites for hydroxylation is 1. The average molecular weight is 318 g/mol. The van der Waals surface area contributed by atoms with Crippen molar-refractivity contribution in [3.63, 3.8) is 0 Å². The summed E-state index contributed by atoms with van der Waals surface area (Å²) in [5.41, 5.74) is 0. The van der Waals surface area contributed by atoms with E-state index in [2.05, 4.69) is 47.9 Å². The zero-order valence-electron chi connectivity index (χ0n) is 12.9. The first-order chi connectivity index (χ1) is 10.9. The van der Waals surface area contributed by atoms with Gasteiger partial charge in [0.1, 0.15) is 5.82 Å². The number of fused-ring (bicyclic) bond motifs is 1. The molecule has 0 spiro atoms. The number of aromatic nitrogens is 3. The largest absolute Gasteiger partial charge is 0.356 e. The highest BCUT2D eigenvalue weighted by atomic mass is 32.1. The third-order valence-electron chi connectivity index (χ3n) is 3.82. The molecule has 3 heterocycles. The lowest BCUT2D eigenvalue weighted by atomic mass is 10.2. The van der Waals surface area contributed by atoms with Gasteiger partial charge in [-0.3, -0.25) is 4.99 Å². The highest BCUT2D eigenvalue weighted by Gasteiger charge is 2.15. The van der Waals surface area contributed by atoms with Crippen LogP contribution in [-0.4, -0.2) is 34.3 Å². The Labute approximate surface area is 134 Å². The van der Waals surface area contributed by atoms with Gasteiger partial charge in [0, 0.05) is 31.4 Å². The second-order valence-corrected chi connectivity index (χ2v) is 6.36. The maximum atomic E-state index is 4.29. The third-order valence-corrected chi connectivity index (χ3v) is 4.75. The molecule has 7 heteroatoms. The van der Waals surface area contributed by atoms with Crippen LogP contribution in [0.1, 0.15) is 29.4 Å². The van der Waals surface area contributed by atoms with Crippen LogP contribution in [0.2, 0.25) is 0 Å². The highest BCUT2D eigenvalue weighted by Crippen LogP contribution is 2.13. The molecule has 2 aromatic rings. The van der Waals surface area contributed by atoms with E-state index in [1.54, 1.807) is 18.4 Å². The number of hydrogen-bond acceptors (Lipinski definition) is 4. The molecule has 0 fully saturated rings. The Morgan fingerprint density at radius 2 is 2.32 bits per heavy atom. The zero-order valence-corrected chi connectivity index (χ0v) is 13.7. The Hall–Kier alpha value is -1.89. The summed E-state index contributed by atoms with van der Waals surface area (Å²) in [6, 6.07) is 4.24. The lowest BCUT2D eigenvalue weighted by Crippen LogP contribution is -2.38. The topological polar surface area (TPSA) is 67.1 Å². The van der Waals surface area contributed by atoms with Gasteiger partial charge in [-0.05, 0) is 30.7 Å². The van der Waals surface area contributed by atoms with Gasteiger partial charge in [-0.2, -0.15) is 0 Å². The summed E-state index contributed by atoms with van der Waals surface area (Å²) in [5.74, 6) is 2.92. The van der Waals surface area contributed by atoms with E-state index >= 15 is 0 Å². The minimum Gasteiger partial charge on any atom is -0.356 e. The molecule has 6 nitrogen and oxygen atoms in total. The van der Waals surface area contributed by atoms with Crippen LogP contribution in [-0.2, 0) is 25.9 Å². The Balaban J connectivity index is 1.48. The lowest BCUT2D eigenvalue weighted by molar-refractivity contribution is 0.504. The molecule has 0 saturated carbocycles. The summed E-state index contributed by atoms with van der Waals surface area (Å²) >= 11 is 1.79. The van der Waals surface area contributed by atoms with Crippen LogP contribution in [0.25, 0.3) is 0 Å². The van der Waals surface area contributed by atoms with Crippen LogP contribution >= 0.6 is 11.3 Å². The van der Waals surface area contributed by atoms with E-state index in [1.807, 2.05) is 0 Å². The predicted octanol–water partition coefficient (Wildman–Crippen LogP) is 1.58. The molecule has 2 aromatic heterocycles. The highest BCUT2D eigenvalue weighted by molar-refractivity contribution is 7.09. The van der Waals surface area contributed by atoms with Gasteiger partial charge in [0.05, 0.1) is 6.54 Å². The van der Waals surface area contributed by atoms with Gasteiger partial charge in [-0.1, -0.05) is 6.07 Å². The van der Waals surface area contributed by atoms with Gasteiger partial charge in [-0.25, -0.2) is 0 Å². The van der Waals surface area contributed by atoms with E-state index in [0.717, 1.165) is 43.5 Å². The fourth-order valence-corrected chi connectivity index (χ4v) is 3.35.